The molecule has 0 radical (unpaired) electrons. The van der Waals surface area contributed by atoms with Crippen molar-refractivity contribution in [2.45, 2.75) is 104 Å². The van der Waals surface area contributed by atoms with Crippen molar-refractivity contribution in [2.24, 2.45) is 5.92 Å². The summed E-state index contributed by atoms with van der Waals surface area (Å²) in [6.45, 7) is 9.44. The monoisotopic (exact) mass is 460 g/mol. The first kappa shape index (κ1) is 28.9. The fourth-order valence-corrected chi connectivity index (χ4v) is 4.21. The summed E-state index contributed by atoms with van der Waals surface area (Å²) in [5.41, 5.74) is 0.210. The van der Waals surface area contributed by atoms with E-state index in [-0.39, 0.29) is 11.5 Å². The molecule has 3 nitrogen and oxygen atoms in total. The van der Waals surface area contributed by atoms with Crippen LogP contribution in [0.2, 0.25) is 0 Å². The molecular formula is C26H43F3O3. The lowest BCUT2D eigenvalue weighted by Crippen LogP contribution is -2.46. The summed E-state index contributed by atoms with van der Waals surface area (Å²) in [7, 11) is 0. The lowest BCUT2D eigenvalue weighted by Gasteiger charge is -2.39. The first-order valence-corrected chi connectivity index (χ1v) is 12.5. The molecule has 0 saturated heterocycles. The van der Waals surface area contributed by atoms with Crippen molar-refractivity contribution in [3.8, 4) is 0 Å². The number of benzene rings is 1. The third-order valence-corrected chi connectivity index (χ3v) is 5.78. The number of hydrogen-bond donors (Lipinski definition) is 0. The highest BCUT2D eigenvalue weighted by Crippen LogP contribution is 2.34. The van der Waals surface area contributed by atoms with Gasteiger partial charge in [0.2, 0.25) is 0 Å². The van der Waals surface area contributed by atoms with E-state index in [1.165, 1.54) is 25.7 Å². The number of aryl methyl sites for hydroxylation is 1. The quantitative estimate of drug-likeness (QED) is 0.119. The summed E-state index contributed by atoms with van der Waals surface area (Å²) in [4.78, 5) is 0. The molecule has 0 aliphatic heterocycles. The first-order valence-electron chi connectivity index (χ1n) is 12.5. The fraction of sp³-hybridized carbons (Fsp3) is 0.769. The van der Waals surface area contributed by atoms with Gasteiger partial charge in [-0.1, -0.05) is 51.9 Å². The Morgan fingerprint density at radius 3 is 1.72 bits per heavy atom. The molecule has 0 aliphatic rings. The van der Waals surface area contributed by atoms with Gasteiger partial charge in [0.15, 0.2) is 11.6 Å². The van der Waals surface area contributed by atoms with E-state index in [1.54, 1.807) is 0 Å². The van der Waals surface area contributed by atoms with Gasteiger partial charge < -0.3 is 14.2 Å². The van der Waals surface area contributed by atoms with Gasteiger partial charge in [0.25, 0.3) is 5.97 Å². The normalized spacial score (nSPS) is 13.0. The van der Waals surface area contributed by atoms with Crippen molar-refractivity contribution in [1.29, 1.82) is 0 Å². The minimum absolute atomic E-state index is 0.0447. The Kier molecular flexibility index (Phi) is 14.9. The molecule has 1 aromatic rings. The second-order valence-electron chi connectivity index (χ2n) is 8.26. The van der Waals surface area contributed by atoms with Gasteiger partial charge in [0.05, 0.1) is 0 Å². The first-order chi connectivity index (χ1) is 15.4. The van der Waals surface area contributed by atoms with Crippen LogP contribution in [0.3, 0.4) is 0 Å². The Bertz CT molecular complexity index is 608. The zero-order valence-electron chi connectivity index (χ0n) is 20.5. The summed E-state index contributed by atoms with van der Waals surface area (Å²) in [5, 5.41) is 0. The topological polar surface area (TPSA) is 27.7 Å². The van der Waals surface area contributed by atoms with Crippen LogP contribution in [0.5, 0.6) is 0 Å². The van der Waals surface area contributed by atoms with Gasteiger partial charge in [-0.25, -0.2) is 13.2 Å². The van der Waals surface area contributed by atoms with Crippen LogP contribution in [-0.2, 0) is 20.6 Å². The van der Waals surface area contributed by atoms with Crippen LogP contribution in [0, 0.1) is 23.4 Å². The molecule has 0 aliphatic carbocycles. The van der Waals surface area contributed by atoms with Gasteiger partial charge >= 0.3 is 0 Å². The van der Waals surface area contributed by atoms with E-state index >= 15 is 0 Å². The lowest BCUT2D eigenvalue weighted by molar-refractivity contribution is -0.403. The highest BCUT2D eigenvalue weighted by atomic mass is 19.2. The molecular weight excluding hydrogens is 417 g/mol. The fourth-order valence-electron chi connectivity index (χ4n) is 4.21. The summed E-state index contributed by atoms with van der Waals surface area (Å²) >= 11 is 0. The molecule has 1 aromatic carbocycles. The SMILES string of the molecule is CCCCCCCCC(CCCCc1cc(F)c(F)cc1F)C(OCC)(OCC)OCC. The number of rotatable bonds is 19. The van der Waals surface area contributed by atoms with Crippen molar-refractivity contribution in [3.63, 3.8) is 0 Å². The van der Waals surface area contributed by atoms with Crippen molar-refractivity contribution >= 4 is 0 Å². The molecule has 186 valence electrons. The van der Waals surface area contributed by atoms with E-state index in [2.05, 4.69) is 6.92 Å². The average Bonchev–Trinajstić information content (AvgIpc) is 2.75. The lowest BCUT2D eigenvalue weighted by atomic mass is 9.91. The van der Waals surface area contributed by atoms with E-state index < -0.39 is 23.4 Å². The van der Waals surface area contributed by atoms with Crippen LogP contribution >= 0.6 is 0 Å². The molecule has 6 heteroatoms. The van der Waals surface area contributed by atoms with Crippen molar-refractivity contribution in [1.82, 2.24) is 0 Å². The molecule has 1 atom stereocenters. The molecule has 0 N–H and O–H groups in total. The third-order valence-electron chi connectivity index (χ3n) is 5.78. The average molecular weight is 461 g/mol. The van der Waals surface area contributed by atoms with Crippen molar-refractivity contribution < 1.29 is 27.4 Å². The molecule has 0 amide bonds. The molecule has 0 bridgehead atoms. The van der Waals surface area contributed by atoms with Crippen LogP contribution in [0.1, 0.15) is 97.5 Å². The summed E-state index contributed by atoms with van der Waals surface area (Å²) < 4.78 is 58.7. The number of unbranched alkanes of at least 4 members (excludes halogenated alkanes) is 6. The molecule has 0 spiro atoms. The number of ether oxygens (including phenoxy) is 3. The van der Waals surface area contributed by atoms with Gasteiger partial charge in [-0.3, -0.25) is 0 Å². The van der Waals surface area contributed by atoms with Crippen LogP contribution in [0.4, 0.5) is 13.2 Å². The third kappa shape index (κ3) is 9.80. The maximum atomic E-state index is 13.9. The van der Waals surface area contributed by atoms with E-state index in [4.69, 9.17) is 14.2 Å². The van der Waals surface area contributed by atoms with Gasteiger partial charge in [-0.15, -0.1) is 0 Å². The van der Waals surface area contributed by atoms with Gasteiger partial charge in [-0.2, -0.15) is 0 Å². The highest BCUT2D eigenvalue weighted by molar-refractivity contribution is 5.20. The standard InChI is InChI=1S/C26H43F3O3/c1-5-9-10-11-12-13-17-22(26(30-6-2,31-7-3)32-8-4)18-15-14-16-21-19-24(28)25(29)20-23(21)27/h19-20,22H,5-18H2,1-4H3. The Labute approximate surface area is 193 Å². The highest BCUT2D eigenvalue weighted by Gasteiger charge is 2.41. The Morgan fingerprint density at radius 1 is 0.656 bits per heavy atom. The second-order valence-corrected chi connectivity index (χ2v) is 8.26. The van der Waals surface area contributed by atoms with Crippen LogP contribution < -0.4 is 0 Å². The van der Waals surface area contributed by atoms with E-state index in [0.717, 1.165) is 38.2 Å². The summed E-state index contributed by atoms with van der Waals surface area (Å²) in [5.74, 6) is -3.89. The maximum absolute atomic E-state index is 13.9. The Morgan fingerprint density at radius 2 is 1.16 bits per heavy atom. The zero-order chi connectivity index (χ0) is 23.8. The van der Waals surface area contributed by atoms with Gasteiger partial charge in [0.1, 0.15) is 5.82 Å². The summed E-state index contributed by atoms with van der Waals surface area (Å²) in [6.07, 6.45) is 10.7. The van der Waals surface area contributed by atoms with Crippen LogP contribution in [0.25, 0.3) is 0 Å². The largest absolute Gasteiger partial charge is 0.328 e. The minimum atomic E-state index is -1.15. The molecule has 0 aromatic heterocycles. The van der Waals surface area contributed by atoms with Gasteiger partial charge in [0, 0.05) is 31.8 Å². The predicted molar refractivity (Wildman–Crippen MR) is 123 cm³/mol. The molecule has 1 unspecified atom stereocenters. The van der Waals surface area contributed by atoms with Gasteiger partial charge in [-0.05, 0) is 58.1 Å². The van der Waals surface area contributed by atoms with E-state index in [1.807, 2.05) is 20.8 Å². The zero-order valence-corrected chi connectivity index (χ0v) is 20.5. The predicted octanol–water partition coefficient (Wildman–Crippen LogP) is 7.95. The minimum Gasteiger partial charge on any atom is -0.328 e. The van der Waals surface area contributed by atoms with E-state index in [9.17, 15) is 13.2 Å². The molecule has 1 rings (SSSR count). The molecule has 0 saturated carbocycles. The van der Waals surface area contributed by atoms with Crippen LogP contribution in [-0.4, -0.2) is 25.8 Å². The number of hydrogen-bond acceptors (Lipinski definition) is 3. The Hall–Kier alpha value is -1.11. The maximum Gasteiger partial charge on any atom is 0.285 e. The molecule has 32 heavy (non-hydrogen) atoms. The van der Waals surface area contributed by atoms with Crippen molar-refractivity contribution in [2.75, 3.05) is 19.8 Å². The number of halogens is 3. The smallest absolute Gasteiger partial charge is 0.285 e. The Balaban J connectivity index is 2.76. The van der Waals surface area contributed by atoms with Crippen molar-refractivity contribution in [3.05, 3.63) is 35.1 Å². The van der Waals surface area contributed by atoms with E-state index in [0.29, 0.717) is 38.7 Å². The molecule has 0 heterocycles. The van der Waals surface area contributed by atoms with Crippen LogP contribution in [0.15, 0.2) is 12.1 Å². The molecule has 0 fully saturated rings. The summed E-state index contributed by atoms with van der Waals surface area (Å²) in [6, 6.07) is 1.58. The second kappa shape index (κ2) is 16.5.